The smallest absolute Gasteiger partial charge is 0.408 e. The second-order valence-corrected chi connectivity index (χ2v) is 7.28. The molecule has 0 fully saturated rings. The lowest BCUT2D eigenvalue weighted by atomic mass is 10.1. The van der Waals surface area contributed by atoms with Gasteiger partial charge in [0.1, 0.15) is 18.2 Å². The topological polar surface area (TPSA) is 140 Å². The van der Waals surface area contributed by atoms with Gasteiger partial charge in [-0.2, -0.15) is 0 Å². The van der Waals surface area contributed by atoms with Gasteiger partial charge in [0.05, 0.1) is 0 Å². The van der Waals surface area contributed by atoms with E-state index in [0.29, 0.717) is 25.1 Å². The SMILES string of the molecule is CC(C)(C)OC(=O)NC(CCCCNC(=O)OCc1ccc(N)cc1)C(=O)O. The number of amides is 2. The summed E-state index contributed by atoms with van der Waals surface area (Å²) in [5, 5.41) is 14.1. The fourth-order valence-electron chi connectivity index (χ4n) is 2.18. The molecule has 0 heterocycles. The van der Waals surface area contributed by atoms with Crippen molar-refractivity contribution in [2.24, 2.45) is 0 Å². The molecule has 9 nitrogen and oxygen atoms in total. The molecule has 0 spiro atoms. The summed E-state index contributed by atoms with van der Waals surface area (Å²) < 4.78 is 10.1. The normalized spacial score (nSPS) is 12.0. The predicted molar refractivity (Wildman–Crippen MR) is 104 cm³/mol. The van der Waals surface area contributed by atoms with E-state index in [1.54, 1.807) is 45.0 Å². The number of hydrogen-bond donors (Lipinski definition) is 4. The zero-order chi connectivity index (χ0) is 21.2. The summed E-state index contributed by atoms with van der Waals surface area (Å²) in [5.41, 5.74) is 6.33. The van der Waals surface area contributed by atoms with Gasteiger partial charge in [-0.1, -0.05) is 12.1 Å². The highest BCUT2D eigenvalue weighted by molar-refractivity contribution is 5.79. The molecule has 1 unspecified atom stereocenters. The molecule has 156 valence electrons. The molecule has 0 aliphatic carbocycles. The minimum Gasteiger partial charge on any atom is -0.480 e. The molecule has 1 atom stereocenters. The number of nitrogen functional groups attached to an aromatic ring is 1. The predicted octanol–water partition coefficient (Wildman–Crippen LogP) is 2.64. The highest BCUT2D eigenvalue weighted by Gasteiger charge is 2.23. The number of nitrogens with two attached hydrogens (primary N) is 1. The highest BCUT2D eigenvalue weighted by atomic mass is 16.6. The Bertz CT molecular complexity index is 655. The van der Waals surface area contributed by atoms with E-state index >= 15 is 0 Å². The van der Waals surface area contributed by atoms with Gasteiger partial charge in [-0.15, -0.1) is 0 Å². The van der Waals surface area contributed by atoms with Gasteiger partial charge >= 0.3 is 18.2 Å². The maximum Gasteiger partial charge on any atom is 0.408 e. The first-order valence-corrected chi connectivity index (χ1v) is 9.04. The molecule has 1 aromatic rings. The summed E-state index contributed by atoms with van der Waals surface area (Å²) in [5.74, 6) is -1.14. The van der Waals surface area contributed by atoms with Gasteiger partial charge in [0.2, 0.25) is 0 Å². The third-order valence-electron chi connectivity index (χ3n) is 3.53. The molecule has 0 saturated heterocycles. The van der Waals surface area contributed by atoms with Crippen LogP contribution >= 0.6 is 0 Å². The van der Waals surface area contributed by atoms with Crippen molar-refractivity contribution in [2.45, 2.75) is 58.3 Å². The lowest BCUT2D eigenvalue weighted by Crippen LogP contribution is -2.43. The average Bonchev–Trinajstić information content (AvgIpc) is 2.58. The second-order valence-electron chi connectivity index (χ2n) is 7.28. The van der Waals surface area contributed by atoms with E-state index in [0.717, 1.165) is 5.56 Å². The Balaban J connectivity index is 2.22. The first-order valence-electron chi connectivity index (χ1n) is 9.04. The van der Waals surface area contributed by atoms with Gasteiger partial charge in [0, 0.05) is 12.2 Å². The number of benzene rings is 1. The largest absolute Gasteiger partial charge is 0.480 e. The monoisotopic (exact) mass is 395 g/mol. The maximum atomic E-state index is 11.7. The van der Waals surface area contributed by atoms with Crippen LogP contribution in [0.2, 0.25) is 0 Å². The molecular weight excluding hydrogens is 366 g/mol. The van der Waals surface area contributed by atoms with Crippen molar-refractivity contribution in [3.8, 4) is 0 Å². The molecule has 1 aromatic carbocycles. The van der Waals surface area contributed by atoms with Crippen LogP contribution in [0.1, 0.15) is 45.6 Å². The minimum atomic E-state index is -1.14. The van der Waals surface area contributed by atoms with Gasteiger partial charge in [-0.05, 0) is 57.7 Å². The molecule has 1 rings (SSSR count). The molecule has 0 aliphatic rings. The van der Waals surface area contributed by atoms with Crippen molar-refractivity contribution in [2.75, 3.05) is 12.3 Å². The molecule has 0 aromatic heterocycles. The van der Waals surface area contributed by atoms with Crippen LogP contribution in [-0.2, 0) is 20.9 Å². The number of carbonyl (C=O) groups is 3. The Kier molecular flexibility index (Phi) is 9.07. The molecule has 28 heavy (non-hydrogen) atoms. The molecule has 0 aliphatic heterocycles. The molecular formula is C19H29N3O6. The standard InChI is InChI=1S/C19H29N3O6/c1-19(2,3)28-18(26)22-15(16(23)24)6-4-5-11-21-17(25)27-12-13-7-9-14(20)10-8-13/h7-10,15H,4-6,11-12,20H2,1-3H3,(H,21,25)(H,22,26)(H,23,24). The van der Waals surface area contributed by atoms with Crippen molar-refractivity contribution in [3.05, 3.63) is 29.8 Å². The fourth-order valence-corrected chi connectivity index (χ4v) is 2.18. The van der Waals surface area contributed by atoms with E-state index in [9.17, 15) is 19.5 Å². The summed E-state index contributed by atoms with van der Waals surface area (Å²) in [7, 11) is 0. The highest BCUT2D eigenvalue weighted by Crippen LogP contribution is 2.09. The molecule has 0 radical (unpaired) electrons. The van der Waals surface area contributed by atoms with Crippen molar-refractivity contribution in [1.82, 2.24) is 10.6 Å². The molecule has 2 amide bonds. The van der Waals surface area contributed by atoms with Crippen molar-refractivity contribution in [1.29, 1.82) is 0 Å². The molecule has 0 bridgehead atoms. The van der Waals surface area contributed by atoms with Crippen LogP contribution < -0.4 is 16.4 Å². The number of unbranched alkanes of at least 4 members (excludes halogenated alkanes) is 1. The second kappa shape index (κ2) is 11.0. The number of nitrogens with one attached hydrogen (secondary N) is 2. The van der Waals surface area contributed by atoms with Crippen molar-refractivity contribution >= 4 is 23.8 Å². The third kappa shape index (κ3) is 10.2. The van der Waals surface area contributed by atoms with E-state index in [-0.39, 0.29) is 13.0 Å². The lowest BCUT2D eigenvalue weighted by Gasteiger charge is -2.22. The lowest BCUT2D eigenvalue weighted by molar-refractivity contribution is -0.139. The van der Waals surface area contributed by atoms with Gasteiger partial charge in [-0.25, -0.2) is 14.4 Å². The van der Waals surface area contributed by atoms with E-state index < -0.39 is 29.8 Å². The molecule has 5 N–H and O–H groups in total. The van der Waals surface area contributed by atoms with Crippen LogP contribution in [-0.4, -0.2) is 41.4 Å². The van der Waals surface area contributed by atoms with Crippen LogP contribution in [0.3, 0.4) is 0 Å². The minimum absolute atomic E-state index is 0.132. The van der Waals surface area contributed by atoms with Gasteiger partial charge in [-0.3, -0.25) is 0 Å². The first kappa shape index (κ1) is 23.1. The zero-order valence-corrected chi connectivity index (χ0v) is 16.5. The summed E-state index contributed by atoms with van der Waals surface area (Å²) in [6.07, 6.45) is -0.0823. The number of carboxylic acids is 1. The summed E-state index contributed by atoms with van der Waals surface area (Å²) >= 11 is 0. The Labute approximate surface area is 164 Å². The number of carboxylic acid groups (broad SMARTS) is 1. The summed E-state index contributed by atoms with van der Waals surface area (Å²) in [4.78, 5) is 34.6. The van der Waals surface area contributed by atoms with E-state index in [2.05, 4.69) is 10.6 Å². The van der Waals surface area contributed by atoms with Crippen LogP contribution in [0.25, 0.3) is 0 Å². The molecule has 9 heteroatoms. The Morgan fingerprint density at radius 2 is 1.75 bits per heavy atom. The van der Waals surface area contributed by atoms with E-state index in [4.69, 9.17) is 15.2 Å². The number of rotatable bonds is 9. The maximum absolute atomic E-state index is 11.7. The number of alkyl carbamates (subject to hydrolysis) is 2. The van der Waals surface area contributed by atoms with Crippen molar-refractivity contribution in [3.63, 3.8) is 0 Å². The number of ether oxygens (including phenoxy) is 2. The summed E-state index contributed by atoms with van der Waals surface area (Å²) in [6.45, 7) is 5.55. The average molecular weight is 395 g/mol. The van der Waals surface area contributed by atoms with E-state index in [1.807, 2.05) is 0 Å². The summed E-state index contributed by atoms with van der Waals surface area (Å²) in [6, 6.07) is 5.94. The Morgan fingerprint density at radius 3 is 2.32 bits per heavy atom. The molecule has 0 saturated carbocycles. The van der Waals surface area contributed by atoms with Crippen LogP contribution in [0.4, 0.5) is 15.3 Å². The number of carbonyl (C=O) groups excluding carboxylic acids is 2. The van der Waals surface area contributed by atoms with Crippen molar-refractivity contribution < 1.29 is 29.0 Å². The number of hydrogen-bond acceptors (Lipinski definition) is 6. The Morgan fingerprint density at radius 1 is 1.11 bits per heavy atom. The Hall–Kier alpha value is -2.97. The van der Waals surface area contributed by atoms with Crippen LogP contribution in [0.15, 0.2) is 24.3 Å². The fraction of sp³-hybridized carbons (Fsp3) is 0.526. The number of aliphatic carboxylic acids is 1. The van der Waals surface area contributed by atoms with E-state index in [1.165, 1.54) is 0 Å². The third-order valence-corrected chi connectivity index (χ3v) is 3.53. The van der Waals surface area contributed by atoms with Gasteiger partial charge in [0.15, 0.2) is 0 Å². The van der Waals surface area contributed by atoms with Crippen LogP contribution in [0.5, 0.6) is 0 Å². The van der Waals surface area contributed by atoms with Gasteiger partial charge < -0.3 is 30.9 Å². The first-order chi connectivity index (χ1) is 13.1. The zero-order valence-electron chi connectivity index (χ0n) is 16.5. The van der Waals surface area contributed by atoms with Gasteiger partial charge in [0.25, 0.3) is 0 Å². The van der Waals surface area contributed by atoms with Crippen LogP contribution in [0, 0.1) is 0 Å². The number of anilines is 1. The quantitative estimate of drug-likeness (QED) is 0.372.